The van der Waals surface area contributed by atoms with Gasteiger partial charge < -0.3 is 5.32 Å². The summed E-state index contributed by atoms with van der Waals surface area (Å²) in [5.74, 6) is -1.54. The number of hydrogen-bond acceptors (Lipinski definition) is 2. The number of rotatable bonds is 6. The zero-order valence-corrected chi connectivity index (χ0v) is 12.7. The van der Waals surface area contributed by atoms with Gasteiger partial charge in [0.25, 0.3) is 0 Å². The van der Waals surface area contributed by atoms with Crippen LogP contribution in [0.25, 0.3) is 0 Å². The fraction of sp³-hybridized carbons (Fsp3) is 0.438. The maximum atomic E-state index is 13.8. The van der Waals surface area contributed by atoms with Crippen molar-refractivity contribution >= 4 is 0 Å². The standard InChI is InChI=1S/C16H21F2N3/c1-4-19-13(10-14-8-11(2)20-21(14)3)9-12-6-5-7-15(17)16(12)18/h5-8,13,19H,4,9-10H2,1-3H3. The summed E-state index contributed by atoms with van der Waals surface area (Å²) in [5, 5.41) is 7.65. The van der Waals surface area contributed by atoms with Crippen molar-refractivity contribution in [2.75, 3.05) is 6.54 Å². The molecule has 0 aliphatic carbocycles. The summed E-state index contributed by atoms with van der Waals surface area (Å²) in [5.41, 5.74) is 2.44. The number of halogens is 2. The Labute approximate surface area is 124 Å². The van der Waals surface area contributed by atoms with E-state index < -0.39 is 11.6 Å². The van der Waals surface area contributed by atoms with Crippen LogP contribution in [0.15, 0.2) is 24.3 Å². The number of likely N-dealkylation sites (N-methyl/N-ethyl adjacent to an activating group) is 1. The van der Waals surface area contributed by atoms with Gasteiger partial charge in [-0.2, -0.15) is 5.10 Å². The van der Waals surface area contributed by atoms with E-state index in [1.807, 2.05) is 31.6 Å². The molecule has 0 radical (unpaired) electrons. The molecule has 5 heteroatoms. The third-order valence-electron chi connectivity index (χ3n) is 3.55. The minimum absolute atomic E-state index is 0.0427. The maximum Gasteiger partial charge on any atom is 0.162 e. The Hall–Kier alpha value is -1.75. The van der Waals surface area contributed by atoms with E-state index in [0.717, 1.165) is 30.4 Å². The van der Waals surface area contributed by atoms with E-state index in [-0.39, 0.29) is 6.04 Å². The predicted molar refractivity (Wildman–Crippen MR) is 79.2 cm³/mol. The molecule has 21 heavy (non-hydrogen) atoms. The molecule has 0 saturated carbocycles. The van der Waals surface area contributed by atoms with Crippen LogP contribution in [0.3, 0.4) is 0 Å². The van der Waals surface area contributed by atoms with Crippen molar-refractivity contribution in [3.05, 3.63) is 52.9 Å². The Kier molecular flexibility index (Phi) is 5.07. The monoisotopic (exact) mass is 293 g/mol. The molecular formula is C16H21F2N3. The molecule has 0 fully saturated rings. The third-order valence-corrected chi connectivity index (χ3v) is 3.55. The molecule has 1 N–H and O–H groups in total. The minimum Gasteiger partial charge on any atom is -0.314 e. The number of aromatic nitrogens is 2. The molecule has 1 heterocycles. The molecule has 2 aromatic rings. The summed E-state index contributed by atoms with van der Waals surface area (Å²) in [6.07, 6.45) is 1.17. The SMILES string of the molecule is CCNC(Cc1cccc(F)c1F)Cc1cc(C)nn1C. The van der Waals surface area contributed by atoms with E-state index >= 15 is 0 Å². The van der Waals surface area contributed by atoms with E-state index in [1.54, 1.807) is 12.1 Å². The lowest BCUT2D eigenvalue weighted by atomic mass is 10.0. The Morgan fingerprint density at radius 3 is 2.67 bits per heavy atom. The van der Waals surface area contributed by atoms with Crippen LogP contribution in [0, 0.1) is 18.6 Å². The van der Waals surface area contributed by atoms with Gasteiger partial charge in [-0.3, -0.25) is 4.68 Å². The summed E-state index contributed by atoms with van der Waals surface area (Å²) < 4.78 is 28.9. The number of hydrogen-bond donors (Lipinski definition) is 1. The zero-order valence-electron chi connectivity index (χ0n) is 12.7. The second-order valence-electron chi connectivity index (χ2n) is 5.28. The Bertz CT molecular complexity index is 608. The van der Waals surface area contributed by atoms with Gasteiger partial charge in [0.1, 0.15) is 0 Å². The lowest BCUT2D eigenvalue weighted by Gasteiger charge is -2.18. The molecule has 0 aliphatic heterocycles. The fourth-order valence-corrected chi connectivity index (χ4v) is 2.58. The second kappa shape index (κ2) is 6.80. The van der Waals surface area contributed by atoms with Crippen LogP contribution in [-0.4, -0.2) is 22.4 Å². The lowest BCUT2D eigenvalue weighted by Crippen LogP contribution is -2.34. The van der Waals surface area contributed by atoms with E-state index in [0.29, 0.717) is 12.0 Å². The van der Waals surface area contributed by atoms with Crippen molar-refractivity contribution in [1.82, 2.24) is 15.1 Å². The molecule has 1 unspecified atom stereocenters. The molecule has 114 valence electrons. The molecule has 0 saturated heterocycles. The normalized spacial score (nSPS) is 12.6. The largest absolute Gasteiger partial charge is 0.314 e. The highest BCUT2D eigenvalue weighted by Crippen LogP contribution is 2.15. The van der Waals surface area contributed by atoms with Gasteiger partial charge in [-0.05, 0) is 37.6 Å². The summed E-state index contributed by atoms with van der Waals surface area (Å²) in [6, 6.07) is 6.39. The lowest BCUT2D eigenvalue weighted by molar-refractivity contribution is 0.468. The zero-order chi connectivity index (χ0) is 15.4. The van der Waals surface area contributed by atoms with Gasteiger partial charge in [0.05, 0.1) is 5.69 Å². The van der Waals surface area contributed by atoms with Crippen LogP contribution >= 0.6 is 0 Å². The molecule has 1 atom stereocenters. The van der Waals surface area contributed by atoms with Crippen LogP contribution in [0.5, 0.6) is 0 Å². The molecule has 0 amide bonds. The van der Waals surface area contributed by atoms with Crippen molar-refractivity contribution in [2.45, 2.75) is 32.7 Å². The predicted octanol–water partition coefficient (Wildman–Crippen LogP) is 2.77. The van der Waals surface area contributed by atoms with E-state index in [9.17, 15) is 8.78 Å². The highest BCUT2D eigenvalue weighted by atomic mass is 19.2. The van der Waals surface area contributed by atoms with E-state index in [2.05, 4.69) is 10.4 Å². The maximum absolute atomic E-state index is 13.8. The first-order valence-corrected chi connectivity index (χ1v) is 7.17. The highest BCUT2D eigenvalue weighted by Gasteiger charge is 2.16. The highest BCUT2D eigenvalue weighted by molar-refractivity contribution is 5.21. The molecule has 0 bridgehead atoms. The first-order chi connectivity index (χ1) is 10.0. The van der Waals surface area contributed by atoms with Crippen LogP contribution in [0.1, 0.15) is 23.9 Å². The van der Waals surface area contributed by atoms with Crippen LogP contribution in [0.4, 0.5) is 8.78 Å². The van der Waals surface area contributed by atoms with E-state index in [1.165, 1.54) is 0 Å². The van der Waals surface area contributed by atoms with Crippen molar-refractivity contribution in [3.63, 3.8) is 0 Å². The van der Waals surface area contributed by atoms with Crippen molar-refractivity contribution in [2.24, 2.45) is 7.05 Å². The molecule has 1 aromatic heterocycles. The van der Waals surface area contributed by atoms with Crippen LogP contribution in [-0.2, 0) is 19.9 Å². The first kappa shape index (κ1) is 15.6. The smallest absolute Gasteiger partial charge is 0.162 e. The number of aryl methyl sites for hydroxylation is 2. The number of nitrogens with one attached hydrogen (secondary N) is 1. The summed E-state index contributed by atoms with van der Waals surface area (Å²) in [7, 11) is 1.90. The van der Waals surface area contributed by atoms with Gasteiger partial charge in [-0.25, -0.2) is 8.78 Å². The van der Waals surface area contributed by atoms with Gasteiger partial charge in [-0.1, -0.05) is 19.1 Å². The summed E-state index contributed by atoms with van der Waals surface area (Å²) in [4.78, 5) is 0. The van der Waals surface area contributed by atoms with Crippen molar-refractivity contribution in [3.8, 4) is 0 Å². The fourth-order valence-electron chi connectivity index (χ4n) is 2.58. The van der Waals surface area contributed by atoms with Crippen LogP contribution in [0.2, 0.25) is 0 Å². The second-order valence-corrected chi connectivity index (χ2v) is 5.28. The van der Waals surface area contributed by atoms with E-state index in [4.69, 9.17) is 0 Å². The Morgan fingerprint density at radius 1 is 1.29 bits per heavy atom. The van der Waals surface area contributed by atoms with Gasteiger partial charge in [-0.15, -0.1) is 0 Å². The average Bonchev–Trinajstić information content (AvgIpc) is 2.73. The first-order valence-electron chi connectivity index (χ1n) is 7.17. The number of nitrogens with zero attached hydrogens (tertiary/aromatic N) is 2. The molecule has 0 spiro atoms. The minimum atomic E-state index is -0.792. The van der Waals surface area contributed by atoms with Crippen LogP contribution < -0.4 is 5.32 Å². The Morgan fingerprint density at radius 2 is 2.05 bits per heavy atom. The van der Waals surface area contributed by atoms with Gasteiger partial charge >= 0.3 is 0 Å². The molecule has 1 aromatic carbocycles. The van der Waals surface area contributed by atoms with Crippen molar-refractivity contribution < 1.29 is 8.78 Å². The molecular weight excluding hydrogens is 272 g/mol. The number of benzene rings is 1. The topological polar surface area (TPSA) is 29.9 Å². The third kappa shape index (κ3) is 3.88. The van der Waals surface area contributed by atoms with Gasteiger partial charge in [0.15, 0.2) is 11.6 Å². The Balaban J connectivity index is 2.15. The quantitative estimate of drug-likeness (QED) is 0.887. The average molecular weight is 293 g/mol. The molecule has 3 nitrogen and oxygen atoms in total. The van der Waals surface area contributed by atoms with Crippen molar-refractivity contribution in [1.29, 1.82) is 0 Å². The van der Waals surface area contributed by atoms with Gasteiger partial charge in [0.2, 0.25) is 0 Å². The van der Waals surface area contributed by atoms with Gasteiger partial charge in [0, 0.05) is 25.2 Å². The summed E-state index contributed by atoms with van der Waals surface area (Å²) in [6.45, 7) is 4.72. The molecule has 2 rings (SSSR count). The summed E-state index contributed by atoms with van der Waals surface area (Å²) >= 11 is 0. The molecule has 0 aliphatic rings.